The normalized spacial score (nSPS) is 10.6. The van der Waals surface area contributed by atoms with Gasteiger partial charge in [-0.15, -0.1) is 0 Å². The number of nitro groups is 1. The van der Waals surface area contributed by atoms with Crippen LogP contribution in [0, 0.1) is 28.4 Å². The number of anilines is 2. The van der Waals surface area contributed by atoms with Gasteiger partial charge in [0.2, 0.25) is 0 Å². The molecule has 2 N–H and O–H groups in total. The lowest BCUT2D eigenvalue weighted by Gasteiger charge is -2.09. The Hall–Kier alpha value is -3.86. The second kappa shape index (κ2) is 8.30. The maximum absolute atomic E-state index is 12.2. The van der Waals surface area contributed by atoms with Crippen molar-refractivity contribution in [3.8, 4) is 11.8 Å². The molecule has 0 aliphatic heterocycles. The maximum Gasteiger partial charge on any atom is 0.273 e. The van der Waals surface area contributed by atoms with E-state index in [1.54, 1.807) is 12.1 Å². The van der Waals surface area contributed by atoms with Gasteiger partial charge in [0.05, 0.1) is 23.8 Å². The average Bonchev–Trinajstić information content (AvgIpc) is 2.64. The molecule has 0 aliphatic carbocycles. The molecule has 2 rings (SSSR count). The largest absolute Gasteiger partial charge is 0.494 e. The molecular formula is C18H16N4O4. The number of carbonyl (C=O) groups is 1. The van der Waals surface area contributed by atoms with Crippen LogP contribution in [0.5, 0.6) is 5.75 Å². The molecule has 0 aromatic heterocycles. The first-order valence-electron chi connectivity index (χ1n) is 7.52. The van der Waals surface area contributed by atoms with Crippen molar-refractivity contribution in [3.63, 3.8) is 0 Å². The molecule has 1 amide bonds. The summed E-state index contributed by atoms with van der Waals surface area (Å²) in [4.78, 5) is 22.4. The summed E-state index contributed by atoms with van der Waals surface area (Å²) in [5, 5.41) is 25.4. The standard InChI is InChI=1S/C18H16N4O4/c1-12-3-5-14(6-4-12)21-18(23)13(10-19)11-20-16-8-7-15(22(24)25)9-17(16)26-2/h3-9,11,20H,1-2H3,(H,21,23)/b13-11-. The molecule has 2 aromatic carbocycles. The summed E-state index contributed by atoms with van der Waals surface area (Å²) >= 11 is 0. The summed E-state index contributed by atoms with van der Waals surface area (Å²) in [6.45, 7) is 1.92. The number of ether oxygens (including phenoxy) is 1. The summed E-state index contributed by atoms with van der Waals surface area (Å²) < 4.78 is 5.09. The van der Waals surface area contributed by atoms with Gasteiger partial charge >= 0.3 is 0 Å². The Balaban J connectivity index is 2.16. The first-order chi connectivity index (χ1) is 12.4. The van der Waals surface area contributed by atoms with E-state index in [0.717, 1.165) is 5.56 Å². The van der Waals surface area contributed by atoms with Crippen molar-refractivity contribution in [1.29, 1.82) is 5.26 Å². The Morgan fingerprint density at radius 3 is 2.54 bits per heavy atom. The van der Waals surface area contributed by atoms with Crippen molar-refractivity contribution < 1.29 is 14.5 Å². The lowest BCUT2D eigenvalue weighted by Crippen LogP contribution is -2.14. The fourth-order valence-corrected chi connectivity index (χ4v) is 2.05. The van der Waals surface area contributed by atoms with E-state index in [-0.39, 0.29) is 17.0 Å². The summed E-state index contributed by atoms with van der Waals surface area (Å²) in [6.07, 6.45) is 1.22. The first-order valence-corrected chi connectivity index (χ1v) is 7.52. The molecule has 8 nitrogen and oxygen atoms in total. The van der Waals surface area contributed by atoms with Crippen LogP contribution in [0.25, 0.3) is 0 Å². The first kappa shape index (κ1) is 18.5. The lowest BCUT2D eigenvalue weighted by molar-refractivity contribution is -0.384. The minimum atomic E-state index is -0.579. The van der Waals surface area contributed by atoms with Crippen LogP contribution < -0.4 is 15.4 Å². The van der Waals surface area contributed by atoms with Crippen molar-refractivity contribution in [3.05, 3.63) is 69.9 Å². The van der Waals surface area contributed by atoms with E-state index in [0.29, 0.717) is 11.4 Å². The second-order valence-corrected chi connectivity index (χ2v) is 5.28. The zero-order chi connectivity index (χ0) is 19.1. The number of nitrogens with zero attached hydrogens (tertiary/aromatic N) is 2. The molecule has 26 heavy (non-hydrogen) atoms. The Morgan fingerprint density at radius 1 is 1.27 bits per heavy atom. The van der Waals surface area contributed by atoms with Crippen LogP contribution in [-0.2, 0) is 4.79 Å². The van der Waals surface area contributed by atoms with E-state index in [4.69, 9.17) is 4.74 Å². The monoisotopic (exact) mass is 352 g/mol. The van der Waals surface area contributed by atoms with Gasteiger partial charge in [0.25, 0.3) is 11.6 Å². The molecule has 0 heterocycles. The highest BCUT2D eigenvalue weighted by atomic mass is 16.6. The SMILES string of the molecule is COc1cc([N+](=O)[O-])ccc1N/C=C(/C#N)C(=O)Nc1ccc(C)cc1. The average molecular weight is 352 g/mol. The molecule has 0 atom stereocenters. The van der Waals surface area contributed by atoms with Crippen molar-refractivity contribution in [2.75, 3.05) is 17.7 Å². The minimum Gasteiger partial charge on any atom is -0.494 e. The van der Waals surface area contributed by atoms with Gasteiger partial charge in [-0.25, -0.2) is 0 Å². The number of benzene rings is 2. The van der Waals surface area contributed by atoms with E-state index in [9.17, 15) is 20.2 Å². The number of nitrogens with one attached hydrogen (secondary N) is 2. The van der Waals surface area contributed by atoms with E-state index >= 15 is 0 Å². The van der Waals surface area contributed by atoms with Crippen LogP contribution in [0.4, 0.5) is 17.1 Å². The van der Waals surface area contributed by atoms with Gasteiger partial charge in [-0.2, -0.15) is 5.26 Å². The van der Waals surface area contributed by atoms with Gasteiger partial charge in [0, 0.05) is 18.0 Å². The summed E-state index contributed by atoms with van der Waals surface area (Å²) in [7, 11) is 1.36. The molecule has 0 fully saturated rings. The maximum atomic E-state index is 12.2. The highest BCUT2D eigenvalue weighted by Crippen LogP contribution is 2.29. The van der Waals surface area contributed by atoms with Crippen LogP contribution in [0.1, 0.15) is 5.56 Å². The van der Waals surface area contributed by atoms with Crippen LogP contribution in [-0.4, -0.2) is 17.9 Å². The van der Waals surface area contributed by atoms with Gasteiger partial charge in [-0.3, -0.25) is 14.9 Å². The molecule has 0 radical (unpaired) electrons. The van der Waals surface area contributed by atoms with Crippen molar-refractivity contribution in [2.45, 2.75) is 6.92 Å². The topological polar surface area (TPSA) is 117 Å². The van der Waals surface area contributed by atoms with Crippen LogP contribution in [0.15, 0.2) is 54.2 Å². The smallest absolute Gasteiger partial charge is 0.273 e. The second-order valence-electron chi connectivity index (χ2n) is 5.28. The quantitative estimate of drug-likeness (QED) is 0.356. The van der Waals surface area contributed by atoms with E-state index < -0.39 is 10.8 Å². The molecule has 0 bridgehead atoms. The Kier molecular flexibility index (Phi) is 5.90. The minimum absolute atomic E-state index is 0.131. The van der Waals surface area contributed by atoms with Crippen LogP contribution in [0.3, 0.4) is 0 Å². The summed E-state index contributed by atoms with van der Waals surface area (Å²) in [5.74, 6) is -0.364. The zero-order valence-electron chi connectivity index (χ0n) is 14.1. The lowest BCUT2D eigenvalue weighted by atomic mass is 10.2. The highest BCUT2D eigenvalue weighted by Gasteiger charge is 2.13. The van der Waals surface area contributed by atoms with Gasteiger partial charge in [0.15, 0.2) is 0 Å². The fraction of sp³-hybridized carbons (Fsp3) is 0.111. The number of methoxy groups -OCH3 is 1. The Bertz CT molecular complexity index is 898. The zero-order valence-corrected chi connectivity index (χ0v) is 14.1. The predicted molar refractivity (Wildman–Crippen MR) is 96.8 cm³/mol. The van der Waals surface area contributed by atoms with E-state index in [1.807, 2.05) is 25.1 Å². The van der Waals surface area contributed by atoms with Crippen LogP contribution in [0.2, 0.25) is 0 Å². The Morgan fingerprint density at radius 2 is 1.96 bits per heavy atom. The molecule has 0 saturated heterocycles. The third-order valence-electron chi connectivity index (χ3n) is 3.44. The van der Waals surface area contributed by atoms with Gasteiger partial charge in [0.1, 0.15) is 17.4 Å². The number of carbonyl (C=O) groups excluding carboxylic acids is 1. The molecule has 0 aliphatic rings. The molecule has 8 heteroatoms. The number of rotatable bonds is 6. The van der Waals surface area contributed by atoms with Gasteiger partial charge in [-0.05, 0) is 25.1 Å². The highest BCUT2D eigenvalue weighted by molar-refractivity contribution is 6.06. The Labute approximate surface area is 149 Å². The van der Waals surface area contributed by atoms with Gasteiger partial charge < -0.3 is 15.4 Å². The van der Waals surface area contributed by atoms with E-state index in [1.165, 1.54) is 31.5 Å². The number of nitro benzene ring substituents is 1. The molecule has 132 valence electrons. The molecule has 0 saturated carbocycles. The fourth-order valence-electron chi connectivity index (χ4n) is 2.05. The van der Waals surface area contributed by atoms with E-state index in [2.05, 4.69) is 10.6 Å². The number of non-ortho nitro benzene ring substituents is 1. The number of aryl methyl sites for hydroxylation is 1. The molecule has 2 aromatic rings. The van der Waals surface area contributed by atoms with Crippen molar-refractivity contribution in [1.82, 2.24) is 0 Å². The third-order valence-corrected chi connectivity index (χ3v) is 3.44. The molecule has 0 spiro atoms. The number of amides is 1. The number of hydrogen-bond acceptors (Lipinski definition) is 6. The molecular weight excluding hydrogens is 336 g/mol. The summed E-state index contributed by atoms with van der Waals surface area (Å²) in [6, 6.07) is 12.9. The van der Waals surface area contributed by atoms with Gasteiger partial charge in [-0.1, -0.05) is 17.7 Å². The van der Waals surface area contributed by atoms with Crippen molar-refractivity contribution in [2.24, 2.45) is 0 Å². The number of nitriles is 1. The third kappa shape index (κ3) is 4.58. The predicted octanol–water partition coefficient (Wildman–Crippen LogP) is 3.37. The molecule has 0 unspecified atom stereocenters. The summed E-state index contributed by atoms with van der Waals surface area (Å²) in [5.41, 5.74) is 1.70. The van der Waals surface area contributed by atoms with Crippen molar-refractivity contribution >= 4 is 23.0 Å². The number of hydrogen-bond donors (Lipinski definition) is 2. The van der Waals surface area contributed by atoms with Crippen LogP contribution >= 0.6 is 0 Å².